The van der Waals surface area contributed by atoms with Crippen molar-refractivity contribution in [2.75, 3.05) is 19.5 Å². The van der Waals surface area contributed by atoms with E-state index < -0.39 is 0 Å². The lowest BCUT2D eigenvalue weighted by molar-refractivity contribution is 0.364. The molecule has 0 saturated heterocycles. The van der Waals surface area contributed by atoms with E-state index in [2.05, 4.69) is 9.83 Å². The number of halogens is 2. The molecule has 0 saturated carbocycles. The van der Waals surface area contributed by atoms with Crippen LogP contribution in [0.3, 0.4) is 0 Å². The molecular weight excluding hydrogens is 314 g/mol. The average Bonchev–Trinajstić information content (AvgIpc) is 2.23. The van der Waals surface area contributed by atoms with Crippen molar-refractivity contribution in [3.63, 3.8) is 0 Å². The second-order valence-corrected chi connectivity index (χ2v) is 5.08. The lowest BCUT2D eigenvalue weighted by Gasteiger charge is -2.26. The minimum Gasteiger partial charge on any atom is -0.389 e. The molecule has 0 aliphatic rings. The van der Waals surface area contributed by atoms with Gasteiger partial charge in [0.1, 0.15) is 0 Å². The molecule has 0 aromatic carbocycles. The summed E-state index contributed by atoms with van der Waals surface area (Å²) in [4.78, 5) is 0. The molecule has 5 N–H and O–H groups in total. The van der Waals surface area contributed by atoms with Gasteiger partial charge in [0, 0.05) is 19.3 Å². The van der Waals surface area contributed by atoms with Gasteiger partial charge < -0.3 is 16.1 Å². The Bertz CT molecular complexity index is 213. The first kappa shape index (κ1) is 14.2. The molecule has 6 heteroatoms. The second kappa shape index (κ2) is 7.44. The van der Waals surface area contributed by atoms with Gasteiger partial charge in [-0.25, -0.2) is 5.84 Å². The Balaban J connectivity index is 5.04. The molecule has 0 aliphatic heterocycles. The fourth-order valence-corrected chi connectivity index (χ4v) is 2.43. The van der Waals surface area contributed by atoms with E-state index in [0.717, 1.165) is 11.4 Å². The number of alkyl halides is 2. The Morgan fingerprint density at radius 2 is 2.29 bits per heavy atom. The molecule has 4 nitrogen and oxygen atoms in total. The van der Waals surface area contributed by atoms with Crippen molar-refractivity contribution >= 4 is 36.8 Å². The minimum atomic E-state index is -0.331. The number of hydrazine groups is 1. The number of nitrogens with zero attached hydrogens (tertiary/aromatic N) is 1. The maximum absolute atomic E-state index is 5.95. The number of allylic oxidation sites excluding steroid dienone is 1. The van der Waals surface area contributed by atoms with Gasteiger partial charge in [-0.05, 0) is 6.92 Å². The Morgan fingerprint density at radius 1 is 1.71 bits per heavy atom. The summed E-state index contributed by atoms with van der Waals surface area (Å²) in [6, 6.07) is 0. The summed E-state index contributed by atoms with van der Waals surface area (Å²) in [6.45, 7) is 2.67. The van der Waals surface area contributed by atoms with Crippen LogP contribution in [0.15, 0.2) is 11.4 Å². The van der Waals surface area contributed by atoms with Crippen molar-refractivity contribution in [1.29, 1.82) is 0 Å². The highest BCUT2D eigenvalue weighted by molar-refractivity contribution is 14.2. The largest absolute Gasteiger partial charge is 0.389 e. The van der Waals surface area contributed by atoms with Crippen LogP contribution >= 0.6 is 32.3 Å². The quantitative estimate of drug-likeness (QED) is 0.218. The third kappa shape index (κ3) is 3.72. The summed E-state index contributed by atoms with van der Waals surface area (Å²) in [5.74, 6) is 6.22. The highest BCUT2D eigenvalue weighted by atomic mass is 127. The minimum absolute atomic E-state index is 0.0695. The van der Waals surface area contributed by atoms with Crippen molar-refractivity contribution < 1.29 is 0 Å². The molecule has 14 heavy (non-hydrogen) atoms. The van der Waals surface area contributed by atoms with Crippen LogP contribution in [0.1, 0.15) is 6.92 Å². The van der Waals surface area contributed by atoms with Gasteiger partial charge in [-0.1, -0.05) is 4.51 Å². The predicted octanol–water partition coefficient (Wildman–Crippen LogP) is 0.539. The molecule has 0 rings (SSSR count). The van der Waals surface area contributed by atoms with Gasteiger partial charge in [-0.3, -0.25) is 0 Å². The molecule has 1 atom stereocenters. The topological polar surface area (TPSA) is 67.3 Å². The molecule has 0 aromatic rings. The summed E-state index contributed by atoms with van der Waals surface area (Å²) in [6.07, 6.45) is 0. The average molecular weight is 333 g/mol. The van der Waals surface area contributed by atoms with Crippen molar-refractivity contribution in [1.82, 2.24) is 10.3 Å². The van der Waals surface area contributed by atoms with Crippen LogP contribution in [0.4, 0.5) is 0 Å². The third-order valence-corrected chi connectivity index (χ3v) is 3.63. The normalized spacial score (nSPS) is 14.6. The fraction of sp³-hybridized carbons (Fsp3) is 0.625. The van der Waals surface area contributed by atoms with E-state index in [0.29, 0.717) is 12.4 Å². The maximum atomic E-state index is 5.95. The summed E-state index contributed by atoms with van der Waals surface area (Å²) in [7, 11) is 1.81. The van der Waals surface area contributed by atoms with Gasteiger partial charge >= 0.3 is 0 Å². The summed E-state index contributed by atoms with van der Waals surface area (Å²) >= 11 is 5.47. The molecule has 1 unspecified atom stereocenters. The van der Waals surface area contributed by atoms with Gasteiger partial charge in [-0.2, -0.15) is 0 Å². The first-order valence-corrected chi connectivity index (χ1v) is 7.54. The van der Waals surface area contributed by atoms with Crippen LogP contribution in [-0.4, -0.2) is 33.0 Å². The van der Waals surface area contributed by atoms with Gasteiger partial charge in [-0.15, -0.1) is 32.3 Å². The van der Waals surface area contributed by atoms with Crippen molar-refractivity contribution in [3.05, 3.63) is 11.4 Å². The van der Waals surface area contributed by atoms with Crippen LogP contribution in [0.5, 0.6) is 0 Å². The van der Waals surface area contributed by atoms with Gasteiger partial charge in [0.05, 0.1) is 15.6 Å². The Hall–Kier alpha value is 0.150. The summed E-state index contributed by atoms with van der Waals surface area (Å²) < 4.78 is 3.80. The number of nitrogens with one attached hydrogen (secondary N) is 1. The van der Waals surface area contributed by atoms with Crippen LogP contribution in [-0.2, 0) is 0 Å². The van der Waals surface area contributed by atoms with Gasteiger partial charge in [0.15, 0.2) is 0 Å². The zero-order chi connectivity index (χ0) is 11.1. The van der Waals surface area contributed by atoms with E-state index in [1.165, 1.54) is 0 Å². The Labute approximate surface area is 100 Å². The van der Waals surface area contributed by atoms with Crippen LogP contribution < -0.4 is 16.9 Å². The molecule has 0 bridgehead atoms. The van der Waals surface area contributed by atoms with E-state index in [9.17, 15) is 0 Å². The lowest BCUT2D eigenvalue weighted by Crippen LogP contribution is -2.40. The second-order valence-electron chi connectivity index (χ2n) is 2.59. The van der Waals surface area contributed by atoms with Crippen molar-refractivity contribution in [2.45, 2.75) is 11.0 Å². The van der Waals surface area contributed by atoms with E-state index in [-0.39, 0.29) is 24.8 Å². The molecule has 0 heterocycles. The Morgan fingerprint density at radius 3 is 2.57 bits per heavy atom. The first-order valence-electron chi connectivity index (χ1n) is 4.23. The molecule has 0 fully saturated rings. The number of nitrogens with two attached hydrogens (primary N) is 2. The number of hydrogen-bond acceptors (Lipinski definition) is 4. The molecule has 0 spiro atoms. The molecule has 84 valence electrons. The monoisotopic (exact) mass is 332 g/mol. The smallest absolute Gasteiger partial charge is 0.0952 e. The molecule has 0 aromatic heterocycles. The highest BCUT2D eigenvalue weighted by Crippen LogP contribution is 2.17. The highest BCUT2D eigenvalue weighted by Gasteiger charge is 2.15. The van der Waals surface area contributed by atoms with Crippen LogP contribution in [0.25, 0.3) is 0 Å². The Kier molecular flexibility index (Phi) is 7.52. The number of likely N-dealkylation sites (N-methyl/N-ethyl adjacent to an activating group) is 1. The van der Waals surface area contributed by atoms with Crippen LogP contribution in [0.2, 0.25) is 0 Å². The number of rotatable bonds is 6. The van der Waals surface area contributed by atoms with Gasteiger partial charge in [0.25, 0.3) is 0 Å². The zero-order valence-electron chi connectivity index (χ0n) is 8.56. The molecular formula is C8H18ClIN4. The number of hydrogen-bond donors (Lipinski definition) is 3. The zero-order valence-corrected chi connectivity index (χ0v) is 11.5. The first-order chi connectivity index (χ1) is 6.62. The van der Waals surface area contributed by atoms with E-state index in [1.54, 1.807) is 5.01 Å². The summed E-state index contributed by atoms with van der Waals surface area (Å²) in [5, 5.41) is 4.65. The van der Waals surface area contributed by atoms with E-state index >= 15 is 0 Å². The standard InChI is InChI=1S/C8H18ClIN4/c1-4-14(12)7(8(11)10-2)6(5-9)13-3/h8,13H,2,4-5,11-12H2,1,3H3/b7-6-. The predicted molar refractivity (Wildman–Crippen MR) is 72.5 cm³/mol. The van der Waals surface area contributed by atoms with E-state index in [4.69, 9.17) is 23.2 Å². The van der Waals surface area contributed by atoms with Crippen molar-refractivity contribution in [2.24, 2.45) is 11.6 Å². The third-order valence-electron chi connectivity index (χ3n) is 1.82. The van der Waals surface area contributed by atoms with Gasteiger partial charge in [0.2, 0.25) is 0 Å². The molecule has 0 aliphatic carbocycles. The SMILES string of the molecule is C=IC(N)/C(=C(\CCl)NC)N(N)CC. The lowest BCUT2D eigenvalue weighted by atomic mass is 10.3. The molecule has 0 radical (unpaired) electrons. The fourth-order valence-electron chi connectivity index (χ4n) is 1.00. The van der Waals surface area contributed by atoms with Crippen molar-refractivity contribution in [3.8, 4) is 0 Å². The van der Waals surface area contributed by atoms with Crippen LogP contribution in [0, 0.1) is 0 Å². The molecule has 0 amide bonds. The van der Waals surface area contributed by atoms with E-state index in [1.807, 2.05) is 14.0 Å². The maximum Gasteiger partial charge on any atom is 0.0952 e. The summed E-state index contributed by atoms with van der Waals surface area (Å²) in [5.41, 5.74) is 7.72.